The van der Waals surface area contributed by atoms with Crippen LogP contribution in [0, 0.1) is 0 Å². The van der Waals surface area contributed by atoms with E-state index in [1.54, 1.807) is 0 Å². The second-order valence-electron chi connectivity index (χ2n) is 5.63. The number of hydrogen-bond acceptors (Lipinski definition) is 6. The van der Waals surface area contributed by atoms with Gasteiger partial charge in [0.25, 0.3) is 10.1 Å². The van der Waals surface area contributed by atoms with E-state index in [1.165, 1.54) is 25.3 Å². The normalized spacial score (nSPS) is 12.2. The van der Waals surface area contributed by atoms with Crippen molar-refractivity contribution in [3.63, 3.8) is 0 Å². The number of halogens is 3. The molecule has 1 heterocycles. The van der Waals surface area contributed by atoms with Crippen LogP contribution in [0.25, 0.3) is 11.4 Å². The van der Waals surface area contributed by atoms with E-state index in [2.05, 4.69) is 18.9 Å². The molecule has 0 aliphatic rings. The van der Waals surface area contributed by atoms with Crippen molar-refractivity contribution in [1.29, 1.82) is 0 Å². The lowest BCUT2D eigenvalue weighted by Gasteiger charge is -2.10. The lowest BCUT2D eigenvalue weighted by molar-refractivity contribution is -0.140. The number of aromatic nitrogens is 2. The molecule has 0 unspecified atom stereocenters. The van der Waals surface area contributed by atoms with Crippen LogP contribution in [-0.2, 0) is 31.6 Å². The Balaban J connectivity index is 2.32. The number of hydrogen-bond donors (Lipinski definition) is 1. The van der Waals surface area contributed by atoms with Crippen LogP contribution >= 0.6 is 0 Å². The highest BCUT2D eigenvalue weighted by atomic mass is 32.2. The summed E-state index contributed by atoms with van der Waals surface area (Å²) in [6, 6.07) is 4.34. The lowest BCUT2D eigenvalue weighted by Crippen LogP contribution is -2.07. The van der Waals surface area contributed by atoms with Gasteiger partial charge in [-0.1, -0.05) is 6.07 Å². The fraction of sp³-hybridized carbons (Fsp3) is 0.375. The number of imidazole rings is 1. The molecule has 0 fully saturated rings. The zero-order valence-corrected chi connectivity index (χ0v) is 15.3. The smallest absolute Gasteiger partial charge is 0.434 e. The van der Waals surface area contributed by atoms with Gasteiger partial charge in [0, 0.05) is 11.8 Å². The van der Waals surface area contributed by atoms with E-state index in [0.717, 1.165) is 12.5 Å². The molecule has 1 aromatic heterocycles. The summed E-state index contributed by atoms with van der Waals surface area (Å²) in [6.07, 6.45) is -2.42. The summed E-state index contributed by atoms with van der Waals surface area (Å²) in [5.74, 6) is -0.622. The minimum absolute atomic E-state index is 0.0160. The number of nitrogens with zero attached hydrogens (tertiary/aromatic N) is 1. The molecule has 7 nitrogen and oxygen atoms in total. The third kappa shape index (κ3) is 5.79. The van der Waals surface area contributed by atoms with Gasteiger partial charge in [0.1, 0.15) is 5.82 Å². The van der Waals surface area contributed by atoms with Crippen molar-refractivity contribution in [3.8, 4) is 11.4 Å². The Morgan fingerprint density at radius 3 is 2.56 bits per heavy atom. The summed E-state index contributed by atoms with van der Waals surface area (Å²) >= 11 is 0. The molecule has 1 aromatic carbocycles. The zero-order valence-electron chi connectivity index (χ0n) is 14.5. The fourth-order valence-electron chi connectivity index (χ4n) is 2.35. The largest absolute Gasteiger partial charge is 0.465 e. The molecule has 0 amide bonds. The van der Waals surface area contributed by atoms with Crippen LogP contribution in [-0.4, -0.2) is 44.3 Å². The van der Waals surface area contributed by atoms with Gasteiger partial charge in [-0.25, -0.2) is 9.78 Å². The second-order valence-corrected chi connectivity index (χ2v) is 7.27. The average Bonchev–Trinajstić information content (AvgIpc) is 3.07. The molecule has 0 aliphatic carbocycles. The molecule has 0 saturated heterocycles. The molecule has 2 rings (SSSR count). The summed E-state index contributed by atoms with van der Waals surface area (Å²) in [7, 11) is -2.39. The Bertz CT molecular complexity index is 922. The number of aryl methyl sites for hydroxylation is 1. The minimum atomic E-state index is -4.59. The highest BCUT2D eigenvalue weighted by Gasteiger charge is 2.34. The van der Waals surface area contributed by atoms with E-state index in [1.807, 2.05) is 0 Å². The molecule has 1 N–H and O–H groups in total. The van der Waals surface area contributed by atoms with Gasteiger partial charge in [-0.15, -0.1) is 0 Å². The van der Waals surface area contributed by atoms with Crippen molar-refractivity contribution >= 4 is 16.1 Å². The molecule has 0 aliphatic heterocycles. The highest BCUT2D eigenvalue weighted by molar-refractivity contribution is 7.85. The fourth-order valence-corrected chi connectivity index (χ4v) is 2.77. The topological polar surface area (TPSA) is 98.3 Å². The number of rotatable bonds is 7. The van der Waals surface area contributed by atoms with E-state index in [-0.39, 0.29) is 30.8 Å². The summed E-state index contributed by atoms with van der Waals surface area (Å²) < 4.78 is 69.6. The number of nitrogens with one attached hydrogen (secondary N) is 1. The van der Waals surface area contributed by atoms with Crippen LogP contribution in [0.1, 0.15) is 28.0 Å². The van der Waals surface area contributed by atoms with E-state index >= 15 is 0 Å². The number of ether oxygens (including phenoxy) is 1. The third-order valence-corrected chi connectivity index (χ3v) is 4.13. The van der Waals surface area contributed by atoms with Gasteiger partial charge in [0.2, 0.25) is 0 Å². The first-order valence-corrected chi connectivity index (χ1v) is 9.51. The van der Waals surface area contributed by atoms with Crippen LogP contribution in [0.15, 0.2) is 24.4 Å². The van der Waals surface area contributed by atoms with E-state index in [9.17, 15) is 26.4 Å². The first-order valence-electron chi connectivity index (χ1n) is 7.70. The van der Waals surface area contributed by atoms with Crippen molar-refractivity contribution in [1.82, 2.24) is 9.97 Å². The monoisotopic (exact) mass is 406 g/mol. The number of benzene rings is 1. The molecule has 148 valence electrons. The number of carbonyl (C=O) groups excluding carboxylic acids is 1. The van der Waals surface area contributed by atoms with Gasteiger partial charge in [-0.05, 0) is 30.5 Å². The van der Waals surface area contributed by atoms with Crippen LogP contribution in [0.3, 0.4) is 0 Å². The lowest BCUT2D eigenvalue weighted by atomic mass is 9.99. The number of carbonyl (C=O) groups is 1. The number of alkyl halides is 3. The van der Waals surface area contributed by atoms with Crippen molar-refractivity contribution < 1.29 is 35.3 Å². The molecule has 0 radical (unpaired) electrons. The third-order valence-electron chi connectivity index (χ3n) is 3.54. The first-order chi connectivity index (χ1) is 12.5. The highest BCUT2D eigenvalue weighted by Crippen LogP contribution is 2.31. The second kappa shape index (κ2) is 8.09. The number of methoxy groups -OCH3 is 1. The molecule has 0 spiro atoms. The average molecular weight is 406 g/mol. The number of esters is 1. The number of aromatic amines is 1. The summed E-state index contributed by atoms with van der Waals surface area (Å²) in [6.45, 7) is -0.104. The van der Waals surface area contributed by atoms with Gasteiger partial charge in [0.15, 0.2) is 5.69 Å². The van der Waals surface area contributed by atoms with Gasteiger partial charge in [-0.2, -0.15) is 21.6 Å². The standard InChI is InChI=1S/C16H17F3N2O5S/c1-25-15(22)11-5-6-12(14-20-9-13(21-14)16(17,18)19)10(8-11)4-3-7-26-27(2,23)24/h5-6,8-9H,3-4,7H2,1-2H3,(H,20,21). The maximum Gasteiger partial charge on any atom is 0.434 e. The van der Waals surface area contributed by atoms with Gasteiger partial charge >= 0.3 is 12.1 Å². The van der Waals surface area contributed by atoms with Crippen molar-refractivity contribution in [2.75, 3.05) is 20.0 Å². The Morgan fingerprint density at radius 1 is 1.30 bits per heavy atom. The predicted octanol–water partition coefficient (Wildman–Crippen LogP) is 2.79. The molecule has 0 saturated carbocycles. The number of H-pyrrole nitrogens is 1. The minimum Gasteiger partial charge on any atom is -0.465 e. The maximum absolute atomic E-state index is 12.8. The molecule has 2 aromatic rings. The summed E-state index contributed by atoms with van der Waals surface area (Å²) in [4.78, 5) is 17.7. The molecular formula is C16H17F3N2O5S. The molecular weight excluding hydrogens is 389 g/mol. The van der Waals surface area contributed by atoms with Gasteiger partial charge < -0.3 is 9.72 Å². The van der Waals surface area contributed by atoms with Crippen LogP contribution in [0.2, 0.25) is 0 Å². The van der Waals surface area contributed by atoms with E-state index in [4.69, 9.17) is 0 Å². The first kappa shape index (κ1) is 20.9. The van der Waals surface area contributed by atoms with Crippen molar-refractivity contribution in [2.24, 2.45) is 0 Å². The van der Waals surface area contributed by atoms with Crippen LogP contribution in [0.5, 0.6) is 0 Å². The quantitative estimate of drug-likeness (QED) is 0.431. The molecule has 0 atom stereocenters. The molecule has 0 bridgehead atoms. The Morgan fingerprint density at radius 2 is 2.00 bits per heavy atom. The summed E-state index contributed by atoms with van der Waals surface area (Å²) in [5.41, 5.74) is -0.000583. The predicted molar refractivity (Wildman–Crippen MR) is 89.5 cm³/mol. The van der Waals surface area contributed by atoms with Crippen molar-refractivity contribution in [2.45, 2.75) is 19.0 Å². The van der Waals surface area contributed by atoms with Crippen LogP contribution < -0.4 is 0 Å². The molecule has 11 heteroatoms. The van der Waals surface area contributed by atoms with Gasteiger partial charge in [0.05, 0.1) is 25.5 Å². The van der Waals surface area contributed by atoms with Crippen LogP contribution in [0.4, 0.5) is 13.2 Å². The Labute approximate surface area is 153 Å². The summed E-state index contributed by atoms with van der Waals surface area (Å²) in [5, 5.41) is 0. The maximum atomic E-state index is 12.8. The van der Waals surface area contributed by atoms with E-state index < -0.39 is 28.0 Å². The Kier molecular flexibility index (Phi) is 6.26. The zero-order chi connectivity index (χ0) is 20.2. The van der Waals surface area contributed by atoms with Crippen molar-refractivity contribution in [3.05, 3.63) is 41.2 Å². The van der Waals surface area contributed by atoms with Gasteiger partial charge in [-0.3, -0.25) is 4.18 Å². The van der Waals surface area contributed by atoms with E-state index in [0.29, 0.717) is 11.1 Å². The molecule has 27 heavy (non-hydrogen) atoms. The SMILES string of the molecule is COC(=O)c1ccc(-c2nc(C(F)(F)F)c[nH]2)c(CCCOS(C)(=O)=O)c1. The Hall–Kier alpha value is -2.40.